The van der Waals surface area contributed by atoms with Gasteiger partial charge in [0, 0.05) is 39.4 Å². The van der Waals surface area contributed by atoms with E-state index in [9.17, 15) is 13.2 Å². The Morgan fingerprint density at radius 1 is 1.29 bits per heavy atom. The minimum Gasteiger partial charge on any atom is -0.462 e. The largest absolute Gasteiger partial charge is 0.462 e. The van der Waals surface area contributed by atoms with Crippen LogP contribution in [0.4, 0.5) is 0 Å². The Hall–Kier alpha value is -1.45. The zero-order valence-electron chi connectivity index (χ0n) is 12.4. The lowest BCUT2D eigenvalue weighted by Gasteiger charge is -2.31. The van der Waals surface area contributed by atoms with Crippen LogP contribution in [0.5, 0.6) is 0 Å². The summed E-state index contributed by atoms with van der Waals surface area (Å²) in [5.41, 5.74) is -0.0155. The molecule has 0 saturated carbocycles. The van der Waals surface area contributed by atoms with Crippen molar-refractivity contribution < 1.29 is 17.9 Å². The molecule has 1 saturated heterocycles. The topological polar surface area (TPSA) is 84.7 Å². The standard InChI is InChI=1S/C12H20N4O4S/c1-4-20-12(17)10-9-15(3)13-11(10)21(18,19)16-7-5-14(2)6-8-16/h9H,4-8H2,1-3H3. The molecule has 0 unspecified atom stereocenters. The van der Waals surface area contributed by atoms with Gasteiger partial charge in [0.25, 0.3) is 10.0 Å². The average Bonchev–Trinajstić information content (AvgIpc) is 2.82. The van der Waals surface area contributed by atoms with Gasteiger partial charge in [0.1, 0.15) is 5.56 Å². The number of hydrogen-bond acceptors (Lipinski definition) is 6. The SMILES string of the molecule is CCOC(=O)c1cn(C)nc1S(=O)(=O)N1CCN(C)CC1. The Kier molecular flexibility index (Phi) is 4.64. The van der Waals surface area contributed by atoms with Crippen LogP contribution in [-0.4, -0.2) is 73.2 Å². The van der Waals surface area contributed by atoms with E-state index in [2.05, 4.69) is 10.00 Å². The molecule has 0 spiro atoms. The summed E-state index contributed by atoms with van der Waals surface area (Å²) < 4.78 is 32.9. The van der Waals surface area contributed by atoms with E-state index in [-0.39, 0.29) is 17.2 Å². The Balaban J connectivity index is 2.34. The van der Waals surface area contributed by atoms with Gasteiger partial charge in [0.2, 0.25) is 5.03 Å². The van der Waals surface area contributed by atoms with E-state index < -0.39 is 16.0 Å². The van der Waals surface area contributed by atoms with Gasteiger partial charge in [-0.25, -0.2) is 13.2 Å². The fourth-order valence-corrected chi connectivity index (χ4v) is 3.69. The number of likely N-dealkylation sites (N-methyl/N-ethyl adjacent to an activating group) is 1. The van der Waals surface area contributed by atoms with E-state index in [0.717, 1.165) is 0 Å². The molecule has 0 N–H and O–H groups in total. The van der Waals surface area contributed by atoms with Gasteiger partial charge in [-0.3, -0.25) is 4.68 Å². The number of aryl methyl sites for hydroxylation is 1. The number of hydrogen-bond donors (Lipinski definition) is 0. The molecule has 0 radical (unpaired) electrons. The van der Waals surface area contributed by atoms with E-state index in [1.807, 2.05) is 7.05 Å². The van der Waals surface area contributed by atoms with Crippen LogP contribution < -0.4 is 0 Å². The monoisotopic (exact) mass is 316 g/mol. The maximum absolute atomic E-state index is 12.7. The van der Waals surface area contributed by atoms with Crippen molar-refractivity contribution in [1.29, 1.82) is 0 Å². The van der Waals surface area contributed by atoms with Crippen molar-refractivity contribution in [2.75, 3.05) is 39.8 Å². The lowest BCUT2D eigenvalue weighted by molar-refractivity contribution is 0.0521. The van der Waals surface area contributed by atoms with Crippen LogP contribution in [-0.2, 0) is 21.8 Å². The molecule has 2 rings (SSSR count). The molecule has 2 heterocycles. The molecule has 0 amide bonds. The molecule has 118 valence electrons. The third-order valence-electron chi connectivity index (χ3n) is 3.34. The van der Waals surface area contributed by atoms with Gasteiger partial charge in [-0.15, -0.1) is 0 Å². The highest BCUT2D eigenvalue weighted by Gasteiger charge is 2.34. The van der Waals surface area contributed by atoms with Crippen LogP contribution in [0.25, 0.3) is 0 Å². The minimum absolute atomic E-state index is 0.0155. The van der Waals surface area contributed by atoms with Crippen LogP contribution in [0, 0.1) is 0 Å². The number of aromatic nitrogens is 2. The summed E-state index contributed by atoms with van der Waals surface area (Å²) in [6, 6.07) is 0. The van der Waals surface area contributed by atoms with Gasteiger partial charge >= 0.3 is 5.97 Å². The van der Waals surface area contributed by atoms with E-state index in [1.54, 1.807) is 14.0 Å². The fraction of sp³-hybridized carbons (Fsp3) is 0.667. The summed E-state index contributed by atoms with van der Waals surface area (Å²) >= 11 is 0. The zero-order valence-corrected chi connectivity index (χ0v) is 13.3. The lowest BCUT2D eigenvalue weighted by Crippen LogP contribution is -2.47. The van der Waals surface area contributed by atoms with Crippen molar-refractivity contribution in [3.05, 3.63) is 11.8 Å². The first kappa shape index (κ1) is 15.9. The number of sulfonamides is 1. The summed E-state index contributed by atoms with van der Waals surface area (Å²) in [6.07, 6.45) is 1.38. The van der Waals surface area contributed by atoms with E-state index >= 15 is 0 Å². The highest BCUT2D eigenvalue weighted by atomic mass is 32.2. The van der Waals surface area contributed by atoms with Crippen LogP contribution >= 0.6 is 0 Å². The molecular formula is C12H20N4O4S. The first-order valence-electron chi connectivity index (χ1n) is 6.75. The molecule has 1 aromatic rings. The summed E-state index contributed by atoms with van der Waals surface area (Å²) in [4.78, 5) is 13.9. The highest BCUT2D eigenvalue weighted by Crippen LogP contribution is 2.20. The van der Waals surface area contributed by atoms with E-state index in [4.69, 9.17) is 4.74 Å². The second kappa shape index (κ2) is 6.12. The smallest absolute Gasteiger partial charge is 0.342 e. The summed E-state index contributed by atoms with van der Waals surface area (Å²) in [7, 11) is -0.270. The van der Waals surface area contributed by atoms with Crippen LogP contribution in [0.2, 0.25) is 0 Å². The fourth-order valence-electron chi connectivity index (χ4n) is 2.16. The second-order valence-electron chi connectivity index (χ2n) is 4.95. The molecule has 0 atom stereocenters. The molecule has 0 aromatic carbocycles. The maximum Gasteiger partial charge on any atom is 0.342 e. The number of rotatable bonds is 4. The average molecular weight is 316 g/mol. The number of carbonyl (C=O) groups excluding carboxylic acids is 1. The molecule has 1 aromatic heterocycles. The van der Waals surface area contributed by atoms with Gasteiger partial charge in [0.05, 0.1) is 6.61 Å². The van der Waals surface area contributed by atoms with E-state index in [0.29, 0.717) is 26.2 Å². The first-order valence-corrected chi connectivity index (χ1v) is 8.19. The lowest BCUT2D eigenvalue weighted by atomic mass is 10.4. The molecule has 0 bridgehead atoms. The van der Waals surface area contributed by atoms with Gasteiger partial charge < -0.3 is 9.64 Å². The number of piperazine rings is 1. The quantitative estimate of drug-likeness (QED) is 0.699. The Labute approximate surface area is 124 Å². The molecule has 1 aliphatic rings. The van der Waals surface area contributed by atoms with Crippen molar-refractivity contribution in [3.8, 4) is 0 Å². The van der Waals surface area contributed by atoms with Crippen LogP contribution in [0.3, 0.4) is 0 Å². The van der Waals surface area contributed by atoms with Crippen molar-refractivity contribution in [1.82, 2.24) is 19.0 Å². The number of carbonyl (C=O) groups is 1. The summed E-state index contributed by atoms with van der Waals surface area (Å²) in [5, 5.41) is 3.72. The molecule has 21 heavy (non-hydrogen) atoms. The highest BCUT2D eigenvalue weighted by molar-refractivity contribution is 7.89. The Bertz CT molecular complexity index is 617. The summed E-state index contributed by atoms with van der Waals surface area (Å²) in [5.74, 6) is -0.668. The Morgan fingerprint density at radius 3 is 2.48 bits per heavy atom. The van der Waals surface area contributed by atoms with Gasteiger partial charge in [-0.2, -0.15) is 9.40 Å². The molecular weight excluding hydrogens is 296 g/mol. The number of ether oxygens (including phenoxy) is 1. The van der Waals surface area contributed by atoms with Crippen molar-refractivity contribution in [2.24, 2.45) is 7.05 Å². The first-order chi connectivity index (χ1) is 9.86. The molecule has 1 aliphatic heterocycles. The number of esters is 1. The third-order valence-corrected chi connectivity index (χ3v) is 5.17. The molecule has 8 nitrogen and oxygen atoms in total. The van der Waals surface area contributed by atoms with Gasteiger partial charge in [-0.1, -0.05) is 0 Å². The van der Waals surface area contributed by atoms with Crippen LogP contribution in [0.1, 0.15) is 17.3 Å². The van der Waals surface area contributed by atoms with E-state index in [1.165, 1.54) is 15.2 Å². The van der Waals surface area contributed by atoms with Crippen molar-refractivity contribution in [2.45, 2.75) is 11.9 Å². The molecule has 9 heteroatoms. The van der Waals surface area contributed by atoms with Crippen LogP contribution in [0.15, 0.2) is 11.2 Å². The number of nitrogens with zero attached hydrogens (tertiary/aromatic N) is 4. The normalized spacial score (nSPS) is 17.9. The molecule has 1 fully saturated rings. The third kappa shape index (κ3) is 3.25. The zero-order chi connectivity index (χ0) is 15.6. The maximum atomic E-state index is 12.7. The predicted molar refractivity (Wildman–Crippen MR) is 75.4 cm³/mol. The van der Waals surface area contributed by atoms with Crippen molar-refractivity contribution in [3.63, 3.8) is 0 Å². The minimum atomic E-state index is -3.78. The summed E-state index contributed by atoms with van der Waals surface area (Å²) in [6.45, 7) is 3.93. The van der Waals surface area contributed by atoms with Gasteiger partial charge in [-0.05, 0) is 14.0 Å². The second-order valence-corrected chi connectivity index (χ2v) is 6.80. The van der Waals surface area contributed by atoms with Crippen molar-refractivity contribution >= 4 is 16.0 Å². The predicted octanol–water partition coefficient (Wildman–Crippen LogP) is -0.467. The Morgan fingerprint density at radius 2 is 1.90 bits per heavy atom. The van der Waals surface area contributed by atoms with Gasteiger partial charge in [0.15, 0.2) is 0 Å². The molecule has 0 aliphatic carbocycles.